The summed E-state index contributed by atoms with van der Waals surface area (Å²) in [6, 6.07) is 15.4. The van der Waals surface area contributed by atoms with Crippen LogP contribution >= 0.6 is 0 Å². The van der Waals surface area contributed by atoms with Crippen LogP contribution in [0.1, 0.15) is 23.5 Å². The predicted octanol–water partition coefficient (Wildman–Crippen LogP) is 3.86. The van der Waals surface area contributed by atoms with Crippen LogP contribution in [-0.2, 0) is 16.0 Å². The van der Waals surface area contributed by atoms with E-state index in [0.29, 0.717) is 19.1 Å². The molecular weight excluding hydrogens is 357 g/mol. The van der Waals surface area contributed by atoms with E-state index < -0.39 is 0 Å². The van der Waals surface area contributed by atoms with E-state index in [9.17, 15) is 4.39 Å². The van der Waals surface area contributed by atoms with E-state index in [1.54, 1.807) is 19.2 Å². The molecule has 0 radical (unpaired) electrons. The molecule has 0 aliphatic carbocycles. The van der Waals surface area contributed by atoms with E-state index >= 15 is 0 Å². The van der Waals surface area contributed by atoms with Gasteiger partial charge in [0.05, 0.1) is 26.9 Å². The highest BCUT2D eigenvalue weighted by atomic mass is 19.1. The summed E-state index contributed by atoms with van der Waals surface area (Å²) < 4.78 is 30.2. The highest BCUT2D eigenvalue weighted by Crippen LogP contribution is 2.32. The first kappa shape index (κ1) is 19.4. The number of benzene rings is 2. The number of hydrogen-bond donors (Lipinski definition) is 0. The maximum atomic E-state index is 13.4. The lowest BCUT2D eigenvalue weighted by molar-refractivity contribution is 0.114. The van der Waals surface area contributed by atoms with E-state index in [0.717, 1.165) is 44.0 Å². The van der Waals surface area contributed by atoms with Gasteiger partial charge in [-0.2, -0.15) is 0 Å². The van der Waals surface area contributed by atoms with Gasteiger partial charge in [0, 0.05) is 31.7 Å². The summed E-state index contributed by atoms with van der Waals surface area (Å²) in [4.78, 5) is 2.53. The Labute approximate surface area is 166 Å². The van der Waals surface area contributed by atoms with Crippen LogP contribution in [0.5, 0.6) is 5.75 Å². The van der Waals surface area contributed by atoms with Gasteiger partial charge in [-0.25, -0.2) is 4.39 Å². The second kappa shape index (κ2) is 9.03. The fourth-order valence-electron chi connectivity index (χ4n) is 4.27. The Balaban J connectivity index is 1.54. The molecule has 0 saturated carbocycles. The zero-order chi connectivity index (χ0) is 19.3. The van der Waals surface area contributed by atoms with Gasteiger partial charge in [0.25, 0.3) is 0 Å². The summed E-state index contributed by atoms with van der Waals surface area (Å²) in [5.41, 5.74) is 2.40. The summed E-state index contributed by atoms with van der Waals surface area (Å²) in [5, 5.41) is 0. The van der Waals surface area contributed by atoms with Gasteiger partial charge in [-0.15, -0.1) is 0 Å². The molecule has 4 nitrogen and oxygen atoms in total. The zero-order valence-corrected chi connectivity index (χ0v) is 16.4. The highest BCUT2D eigenvalue weighted by molar-refractivity contribution is 5.28. The third-order valence-electron chi connectivity index (χ3n) is 5.88. The first-order valence-electron chi connectivity index (χ1n) is 10.0. The summed E-state index contributed by atoms with van der Waals surface area (Å²) >= 11 is 0. The minimum absolute atomic E-state index is 0.197. The first-order valence-corrected chi connectivity index (χ1v) is 10.0. The van der Waals surface area contributed by atoms with E-state index in [1.165, 1.54) is 5.56 Å². The van der Waals surface area contributed by atoms with Crippen molar-refractivity contribution < 1.29 is 18.6 Å². The molecular formula is C23H28FNO3. The van der Waals surface area contributed by atoms with Crippen molar-refractivity contribution >= 4 is 0 Å². The molecule has 2 aromatic carbocycles. The van der Waals surface area contributed by atoms with Gasteiger partial charge >= 0.3 is 0 Å². The number of nitrogens with zero attached hydrogens (tertiary/aromatic N) is 1. The maximum absolute atomic E-state index is 13.4. The quantitative estimate of drug-likeness (QED) is 0.724. The Morgan fingerprint density at radius 1 is 1.00 bits per heavy atom. The highest BCUT2D eigenvalue weighted by Gasteiger charge is 2.35. The molecule has 0 aromatic heterocycles. The van der Waals surface area contributed by atoms with Crippen LogP contribution in [0.3, 0.4) is 0 Å². The van der Waals surface area contributed by atoms with Crippen molar-refractivity contribution in [3.63, 3.8) is 0 Å². The fourth-order valence-corrected chi connectivity index (χ4v) is 4.27. The van der Waals surface area contributed by atoms with Crippen LogP contribution in [0.4, 0.5) is 4.39 Å². The Morgan fingerprint density at radius 3 is 2.46 bits per heavy atom. The topological polar surface area (TPSA) is 30.9 Å². The standard InChI is InChI=1S/C23H28FNO3/c1-26-21-8-2-17(3-9-21)12-25(13-18-10-11-27-14-18)23-16-28-15-22(23)19-4-6-20(24)7-5-19/h2-9,18,22-23H,10-16H2,1H3/t18-,22-,23+/m0/s1. The van der Waals surface area contributed by atoms with Crippen molar-refractivity contribution in [1.29, 1.82) is 0 Å². The summed E-state index contributed by atoms with van der Waals surface area (Å²) in [6.45, 7) is 4.89. The average molecular weight is 385 g/mol. The van der Waals surface area contributed by atoms with Gasteiger partial charge in [-0.1, -0.05) is 24.3 Å². The number of rotatable bonds is 7. The molecule has 3 atom stereocenters. The van der Waals surface area contributed by atoms with Crippen LogP contribution in [-0.4, -0.2) is 51.0 Å². The molecule has 150 valence electrons. The second-order valence-corrected chi connectivity index (χ2v) is 7.77. The normalized spacial score (nSPS) is 24.8. The van der Waals surface area contributed by atoms with Crippen molar-refractivity contribution in [1.82, 2.24) is 4.90 Å². The second-order valence-electron chi connectivity index (χ2n) is 7.77. The fraction of sp³-hybridized carbons (Fsp3) is 0.478. The third-order valence-corrected chi connectivity index (χ3v) is 5.88. The molecule has 2 aliphatic heterocycles. The molecule has 2 fully saturated rings. The van der Waals surface area contributed by atoms with Crippen LogP contribution in [0.15, 0.2) is 48.5 Å². The van der Waals surface area contributed by atoms with Crippen LogP contribution in [0, 0.1) is 11.7 Å². The number of hydrogen-bond acceptors (Lipinski definition) is 4. The van der Waals surface area contributed by atoms with Gasteiger partial charge in [0.15, 0.2) is 0 Å². The summed E-state index contributed by atoms with van der Waals surface area (Å²) in [6.07, 6.45) is 1.11. The average Bonchev–Trinajstić information content (AvgIpc) is 3.40. The predicted molar refractivity (Wildman–Crippen MR) is 106 cm³/mol. The van der Waals surface area contributed by atoms with Gasteiger partial charge in [0.1, 0.15) is 11.6 Å². The van der Waals surface area contributed by atoms with Crippen LogP contribution < -0.4 is 4.74 Å². The molecule has 2 heterocycles. The molecule has 0 spiro atoms. The molecule has 0 amide bonds. The molecule has 2 aliphatic rings. The van der Waals surface area contributed by atoms with Gasteiger partial charge in [-0.3, -0.25) is 4.90 Å². The summed E-state index contributed by atoms with van der Waals surface area (Å²) in [7, 11) is 1.69. The number of ether oxygens (including phenoxy) is 3. The van der Waals surface area contributed by atoms with Gasteiger partial charge in [-0.05, 0) is 47.7 Å². The SMILES string of the molecule is COc1ccc(CN(C[C@@H]2CCOC2)[C@@H]2COC[C@H]2c2ccc(F)cc2)cc1. The van der Waals surface area contributed by atoms with E-state index in [2.05, 4.69) is 17.0 Å². The van der Waals surface area contributed by atoms with Crippen LogP contribution in [0.2, 0.25) is 0 Å². The zero-order valence-electron chi connectivity index (χ0n) is 16.4. The monoisotopic (exact) mass is 385 g/mol. The lowest BCUT2D eigenvalue weighted by Gasteiger charge is -2.34. The molecule has 0 N–H and O–H groups in total. The Morgan fingerprint density at radius 2 is 1.79 bits per heavy atom. The molecule has 2 aromatic rings. The van der Waals surface area contributed by atoms with Gasteiger partial charge in [0.2, 0.25) is 0 Å². The molecule has 4 rings (SSSR count). The lowest BCUT2D eigenvalue weighted by Crippen LogP contribution is -2.42. The van der Waals surface area contributed by atoms with Crippen molar-refractivity contribution in [2.24, 2.45) is 5.92 Å². The number of halogens is 1. The van der Waals surface area contributed by atoms with Crippen LogP contribution in [0.25, 0.3) is 0 Å². The minimum atomic E-state index is -0.197. The summed E-state index contributed by atoms with van der Waals surface area (Å²) in [5.74, 6) is 1.47. The van der Waals surface area contributed by atoms with Crippen molar-refractivity contribution in [2.45, 2.75) is 24.9 Å². The van der Waals surface area contributed by atoms with Crippen molar-refractivity contribution in [3.05, 3.63) is 65.5 Å². The van der Waals surface area contributed by atoms with E-state index in [1.807, 2.05) is 24.3 Å². The van der Waals surface area contributed by atoms with Gasteiger partial charge < -0.3 is 14.2 Å². The molecule has 0 unspecified atom stereocenters. The maximum Gasteiger partial charge on any atom is 0.123 e. The first-order chi connectivity index (χ1) is 13.7. The molecule has 0 bridgehead atoms. The third kappa shape index (κ3) is 4.54. The Hall–Kier alpha value is -1.95. The van der Waals surface area contributed by atoms with E-state index in [-0.39, 0.29) is 17.8 Å². The largest absolute Gasteiger partial charge is 0.497 e. The Kier molecular flexibility index (Phi) is 6.25. The molecule has 5 heteroatoms. The van der Waals surface area contributed by atoms with Crippen molar-refractivity contribution in [3.8, 4) is 5.75 Å². The smallest absolute Gasteiger partial charge is 0.123 e. The molecule has 28 heavy (non-hydrogen) atoms. The molecule has 2 saturated heterocycles. The number of methoxy groups -OCH3 is 1. The lowest BCUT2D eigenvalue weighted by atomic mass is 9.92. The van der Waals surface area contributed by atoms with E-state index in [4.69, 9.17) is 14.2 Å². The Bertz CT molecular complexity index is 743. The minimum Gasteiger partial charge on any atom is -0.497 e. The van der Waals surface area contributed by atoms with Crippen molar-refractivity contribution in [2.75, 3.05) is 40.1 Å².